The molecule has 3 aromatic rings. The molecule has 1 atom stereocenters. The van der Waals surface area contributed by atoms with Crippen LogP contribution in [0.2, 0.25) is 5.02 Å². The zero-order valence-electron chi connectivity index (χ0n) is 21.1. The summed E-state index contributed by atoms with van der Waals surface area (Å²) in [6, 6.07) is 9.55. The smallest absolute Gasteiger partial charge is 0.327 e. The lowest BCUT2D eigenvalue weighted by Crippen LogP contribution is -2.33. The van der Waals surface area contributed by atoms with Crippen LogP contribution in [0.15, 0.2) is 58.5 Å². The number of carbonyl (C=O) groups is 1. The summed E-state index contributed by atoms with van der Waals surface area (Å²) in [5.74, 6) is 0.173. The number of sulfonamides is 1. The van der Waals surface area contributed by atoms with E-state index in [-0.39, 0.29) is 33.7 Å². The van der Waals surface area contributed by atoms with Crippen LogP contribution in [-0.4, -0.2) is 56.8 Å². The molecule has 1 aliphatic carbocycles. The minimum absolute atomic E-state index is 0.00388. The molecule has 0 fully saturated rings. The molecule has 1 aliphatic rings. The predicted molar refractivity (Wildman–Crippen MR) is 141 cm³/mol. The summed E-state index contributed by atoms with van der Waals surface area (Å²) >= 11 is 6.38. The normalized spacial score (nSPS) is 15.8. The lowest BCUT2D eigenvalue weighted by atomic mass is 9.93. The fraction of sp³-hybridized carbons (Fsp3) is 0.360. The highest BCUT2D eigenvalue weighted by Gasteiger charge is 2.34. The van der Waals surface area contributed by atoms with E-state index >= 15 is 0 Å². The van der Waals surface area contributed by atoms with Gasteiger partial charge in [0.1, 0.15) is 18.0 Å². The Morgan fingerprint density at radius 3 is 2.45 bits per heavy atom. The SMILES string of the molecule is CCOC(=O)Cn1ncc2c1CCCC2N(C)S(=O)(=O)c1ccc(Oc2ccc(S(C)(=O)=O)cc2)c(Cl)c1. The van der Waals surface area contributed by atoms with Crippen LogP contribution < -0.4 is 4.74 Å². The van der Waals surface area contributed by atoms with Crippen LogP contribution >= 0.6 is 11.6 Å². The van der Waals surface area contributed by atoms with Crippen molar-refractivity contribution in [1.82, 2.24) is 14.1 Å². The number of nitrogens with zero attached hydrogens (tertiary/aromatic N) is 3. The third-order valence-corrected chi connectivity index (χ3v) is 9.60. The van der Waals surface area contributed by atoms with Gasteiger partial charge in [-0.15, -0.1) is 0 Å². The van der Waals surface area contributed by atoms with Gasteiger partial charge in [-0.1, -0.05) is 11.6 Å². The second-order valence-electron chi connectivity index (χ2n) is 8.88. The Hall–Kier alpha value is -2.93. The molecule has 204 valence electrons. The third-order valence-electron chi connectivity index (χ3n) is 6.31. The van der Waals surface area contributed by atoms with Gasteiger partial charge < -0.3 is 9.47 Å². The summed E-state index contributed by atoms with van der Waals surface area (Å²) in [7, 11) is -5.77. The van der Waals surface area contributed by atoms with Crippen LogP contribution in [0.1, 0.15) is 37.1 Å². The molecule has 0 spiro atoms. The maximum atomic E-state index is 13.5. The molecule has 38 heavy (non-hydrogen) atoms. The lowest BCUT2D eigenvalue weighted by Gasteiger charge is -2.31. The highest BCUT2D eigenvalue weighted by atomic mass is 35.5. The zero-order valence-corrected chi connectivity index (χ0v) is 23.5. The van der Waals surface area contributed by atoms with Gasteiger partial charge in [0.05, 0.1) is 33.7 Å². The molecule has 10 nitrogen and oxygen atoms in total. The van der Waals surface area contributed by atoms with Crippen molar-refractivity contribution >= 4 is 37.4 Å². The lowest BCUT2D eigenvalue weighted by molar-refractivity contribution is -0.144. The molecule has 1 unspecified atom stereocenters. The number of esters is 1. The number of halogens is 1. The number of hydrogen-bond donors (Lipinski definition) is 0. The third kappa shape index (κ3) is 5.88. The van der Waals surface area contributed by atoms with Crippen LogP contribution in [0.4, 0.5) is 0 Å². The number of benzene rings is 2. The molecule has 0 aliphatic heterocycles. The largest absolute Gasteiger partial charge is 0.465 e. The van der Waals surface area contributed by atoms with E-state index in [9.17, 15) is 21.6 Å². The molecule has 1 heterocycles. The van der Waals surface area contributed by atoms with Crippen molar-refractivity contribution in [3.63, 3.8) is 0 Å². The van der Waals surface area contributed by atoms with Crippen molar-refractivity contribution in [2.24, 2.45) is 0 Å². The summed E-state index contributed by atoms with van der Waals surface area (Å²) in [5.41, 5.74) is 1.58. The molecular weight excluding hydrogens is 554 g/mol. The van der Waals surface area contributed by atoms with Gasteiger partial charge in [0.2, 0.25) is 10.0 Å². The van der Waals surface area contributed by atoms with E-state index in [1.54, 1.807) is 17.8 Å². The first-order chi connectivity index (χ1) is 17.9. The van der Waals surface area contributed by atoms with E-state index in [1.165, 1.54) is 53.8 Å². The van der Waals surface area contributed by atoms with Gasteiger partial charge in [-0.25, -0.2) is 16.8 Å². The number of sulfone groups is 1. The number of hydrogen-bond acceptors (Lipinski definition) is 8. The molecule has 0 saturated carbocycles. The van der Waals surface area contributed by atoms with E-state index < -0.39 is 31.9 Å². The molecule has 13 heteroatoms. The summed E-state index contributed by atoms with van der Waals surface area (Å²) < 4.78 is 64.0. The highest BCUT2D eigenvalue weighted by Crippen LogP contribution is 2.38. The van der Waals surface area contributed by atoms with Crippen molar-refractivity contribution < 1.29 is 31.1 Å². The molecule has 4 rings (SSSR count). The maximum absolute atomic E-state index is 13.5. The highest BCUT2D eigenvalue weighted by molar-refractivity contribution is 7.90. The Labute approximate surface area is 227 Å². The standard InChI is InChI=1S/C25H28ClN3O7S2/c1-4-35-25(30)16-29-23-7-5-6-22(20(23)15-27-29)28(2)38(33,34)19-12-13-24(21(26)14-19)36-17-8-10-18(11-9-17)37(3,31)32/h8-15,22H,4-7,16H2,1-3H3. The Kier molecular flexibility index (Phi) is 8.17. The summed E-state index contributed by atoms with van der Waals surface area (Å²) in [4.78, 5) is 12.1. The molecular formula is C25H28ClN3O7S2. The summed E-state index contributed by atoms with van der Waals surface area (Å²) in [6.45, 7) is 1.98. The van der Waals surface area contributed by atoms with Gasteiger partial charge in [-0.05, 0) is 68.7 Å². The van der Waals surface area contributed by atoms with Crippen molar-refractivity contribution in [3.8, 4) is 11.5 Å². The monoisotopic (exact) mass is 581 g/mol. The molecule has 0 bridgehead atoms. The first-order valence-electron chi connectivity index (χ1n) is 11.9. The number of carbonyl (C=O) groups excluding carboxylic acids is 1. The van der Waals surface area contributed by atoms with Crippen LogP contribution in [0.3, 0.4) is 0 Å². The first-order valence-corrected chi connectivity index (χ1v) is 15.6. The molecule has 1 aromatic heterocycles. The van der Waals surface area contributed by atoms with Crippen molar-refractivity contribution in [1.29, 1.82) is 0 Å². The van der Waals surface area contributed by atoms with Gasteiger partial charge in [0, 0.05) is 24.6 Å². The quantitative estimate of drug-likeness (QED) is 0.347. The second-order valence-corrected chi connectivity index (χ2v) is 13.3. The minimum Gasteiger partial charge on any atom is -0.465 e. The van der Waals surface area contributed by atoms with Gasteiger partial charge >= 0.3 is 5.97 Å². The van der Waals surface area contributed by atoms with Crippen LogP contribution in [0.5, 0.6) is 11.5 Å². The summed E-state index contributed by atoms with van der Waals surface area (Å²) in [6.07, 6.45) is 4.75. The predicted octanol–water partition coefficient (Wildman–Crippen LogP) is 3.99. The van der Waals surface area contributed by atoms with Crippen LogP contribution in [-0.2, 0) is 42.4 Å². The van der Waals surface area contributed by atoms with E-state index in [4.69, 9.17) is 21.1 Å². The van der Waals surface area contributed by atoms with E-state index in [2.05, 4.69) is 5.10 Å². The molecule has 2 aromatic carbocycles. The minimum atomic E-state index is -3.94. The molecule has 0 radical (unpaired) electrons. The molecule has 0 amide bonds. The molecule has 0 saturated heterocycles. The number of aromatic nitrogens is 2. The zero-order chi connectivity index (χ0) is 27.7. The van der Waals surface area contributed by atoms with Crippen LogP contribution in [0.25, 0.3) is 0 Å². The topological polar surface area (TPSA) is 125 Å². The average Bonchev–Trinajstić information content (AvgIpc) is 3.27. The number of fused-ring (bicyclic) bond motifs is 1. The van der Waals surface area contributed by atoms with Gasteiger partial charge in [-0.3, -0.25) is 9.48 Å². The second kappa shape index (κ2) is 11.0. The van der Waals surface area contributed by atoms with Gasteiger partial charge in [0.15, 0.2) is 9.84 Å². The van der Waals surface area contributed by atoms with E-state index in [0.29, 0.717) is 18.6 Å². The van der Waals surface area contributed by atoms with Crippen LogP contribution in [0, 0.1) is 0 Å². The van der Waals surface area contributed by atoms with Crippen molar-refractivity contribution in [3.05, 3.63) is 64.9 Å². The number of rotatable bonds is 9. The Morgan fingerprint density at radius 1 is 1.13 bits per heavy atom. The fourth-order valence-electron chi connectivity index (χ4n) is 4.38. The summed E-state index contributed by atoms with van der Waals surface area (Å²) in [5, 5.41) is 4.40. The van der Waals surface area contributed by atoms with E-state index in [1.807, 2.05) is 0 Å². The average molecular weight is 582 g/mol. The first kappa shape index (κ1) is 28.1. The Balaban J connectivity index is 1.54. The van der Waals surface area contributed by atoms with Crippen molar-refractivity contribution in [2.45, 2.75) is 48.6 Å². The van der Waals surface area contributed by atoms with Gasteiger partial charge in [-0.2, -0.15) is 9.40 Å². The van der Waals surface area contributed by atoms with Crippen molar-refractivity contribution in [2.75, 3.05) is 19.9 Å². The van der Waals surface area contributed by atoms with E-state index in [0.717, 1.165) is 23.9 Å². The molecule has 0 N–H and O–H groups in total. The Morgan fingerprint density at radius 2 is 1.82 bits per heavy atom. The maximum Gasteiger partial charge on any atom is 0.327 e. The Bertz CT molecular complexity index is 1550. The fourth-order valence-corrected chi connectivity index (χ4v) is 6.69. The number of ether oxygens (including phenoxy) is 2. The van der Waals surface area contributed by atoms with Gasteiger partial charge in [0.25, 0.3) is 0 Å².